The van der Waals surface area contributed by atoms with Gasteiger partial charge in [0.15, 0.2) is 0 Å². The monoisotopic (exact) mass is 241 g/mol. The Balaban J connectivity index is 2.11. The number of hydrogen-bond acceptors (Lipinski definition) is 3. The third-order valence-electron chi connectivity index (χ3n) is 3.02. The zero-order valence-corrected chi connectivity index (χ0v) is 10.9. The molecule has 3 nitrogen and oxygen atoms in total. The smallest absolute Gasteiger partial charge is 0.0626 e. The number of rotatable bonds is 4. The molecule has 0 fully saturated rings. The average Bonchev–Trinajstić information content (AvgIpc) is 2.38. The molecule has 0 saturated heterocycles. The Hall–Kier alpha value is -2.03. The molecular formula is C15H19N3. The van der Waals surface area contributed by atoms with Crippen molar-refractivity contribution in [3.8, 4) is 0 Å². The van der Waals surface area contributed by atoms with Crippen molar-refractivity contribution in [2.45, 2.75) is 26.8 Å². The minimum Gasteiger partial charge on any atom is -0.397 e. The maximum Gasteiger partial charge on any atom is 0.0626 e. The summed E-state index contributed by atoms with van der Waals surface area (Å²) in [6.45, 7) is 4.88. The van der Waals surface area contributed by atoms with Gasteiger partial charge in [0.1, 0.15) is 0 Å². The molecule has 0 saturated carbocycles. The van der Waals surface area contributed by atoms with Gasteiger partial charge >= 0.3 is 0 Å². The van der Waals surface area contributed by atoms with E-state index in [1.807, 2.05) is 31.3 Å². The largest absolute Gasteiger partial charge is 0.397 e. The second kappa shape index (κ2) is 5.54. The van der Waals surface area contributed by atoms with Crippen LogP contribution in [0.3, 0.4) is 0 Å². The van der Waals surface area contributed by atoms with Crippen molar-refractivity contribution in [3.05, 3.63) is 53.3 Å². The Kier molecular flexibility index (Phi) is 3.82. The molecule has 94 valence electrons. The van der Waals surface area contributed by atoms with Crippen molar-refractivity contribution in [1.29, 1.82) is 0 Å². The van der Waals surface area contributed by atoms with Crippen LogP contribution in [0.4, 0.5) is 11.4 Å². The van der Waals surface area contributed by atoms with Gasteiger partial charge in [-0.25, -0.2) is 0 Å². The Labute approximate surface area is 108 Å². The molecule has 0 bridgehead atoms. The number of anilines is 2. The van der Waals surface area contributed by atoms with E-state index >= 15 is 0 Å². The summed E-state index contributed by atoms with van der Waals surface area (Å²) in [5.74, 6) is 0. The molecule has 3 heteroatoms. The molecule has 0 atom stereocenters. The molecule has 0 aliphatic carbocycles. The van der Waals surface area contributed by atoms with Crippen LogP contribution in [0.5, 0.6) is 0 Å². The molecule has 18 heavy (non-hydrogen) atoms. The van der Waals surface area contributed by atoms with E-state index in [1.54, 1.807) is 0 Å². The van der Waals surface area contributed by atoms with Gasteiger partial charge in [-0.1, -0.05) is 19.1 Å². The maximum absolute atomic E-state index is 5.97. The number of aromatic nitrogens is 1. The highest BCUT2D eigenvalue weighted by Gasteiger charge is 2.03. The van der Waals surface area contributed by atoms with Gasteiger partial charge in [-0.3, -0.25) is 4.98 Å². The van der Waals surface area contributed by atoms with Gasteiger partial charge in [0, 0.05) is 6.20 Å². The molecule has 0 unspecified atom stereocenters. The molecule has 0 amide bonds. The first-order chi connectivity index (χ1) is 8.70. The molecule has 1 aromatic heterocycles. The van der Waals surface area contributed by atoms with E-state index in [2.05, 4.69) is 29.4 Å². The molecule has 0 aliphatic heterocycles. The second-order valence-corrected chi connectivity index (χ2v) is 4.41. The first-order valence-electron chi connectivity index (χ1n) is 6.23. The number of benzene rings is 1. The van der Waals surface area contributed by atoms with E-state index in [9.17, 15) is 0 Å². The zero-order chi connectivity index (χ0) is 13.0. The van der Waals surface area contributed by atoms with Crippen LogP contribution in [0.1, 0.15) is 23.7 Å². The number of nitrogens with one attached hydrogen (secondary N) is 1. The fraction of sp³-hybridized carbons (Fsp3) is 0.267. The summed E-state index contributed by atoms with van der Waals surface area (Å²) in [7, 11) is 0. The lowest BCUT2D eigenvalue weighted by Gasteiger charge is -2.11. The van der Waals surface area contributed by atoms with Crippen LogP contribution in [-0.4, -0.2) is 4.98 Å². The number of nitrogens with zero attached hydrogens (tertiary/aromatic N) is 1. The maximum atomic E-state index is 5.97. The van der Waals surface area contributed by atoms with Crippen molar-refractivity contribution in [1.82, 2.24) is 4.98 Å². The van der Waals surface area contributed by atoms with Gasteiger partial charge in [0.25, 0.3) is 0 Å². The number of nitrogen functional groups attached to an aromatic ring is 1. The van der Waals surface area contributed by atoms with Crippen LogP contribution in [0, 0.1) is 6.92 Å². The highest BCUT2D eigenvalue weighted by atomic mass is 14.9. The van der Waals surface area contributed by atoms with Crippen LogP contribution in [-0.2, 0) is 13.0 Å². The number of aryl methyl sites for hydroxylation is 2. The van der Waals surface area contributed by atoms with Crippen molar-refractivity contribution >= 4 is 11.4 Å². The fourth-order valence-electron chi connectivity index (χ4n) is 1.97. The molecule has 1 heterocycles. The van der Waals surface area contributed by atoms with Gasteiger partial charge in [-0.05, 0) is 42.7 Å². The highest BCUT2D eigenvalue weighted by molar-refractivity contribution is 5.66. The lowest BCUT2D eigenvalue weighted by atomic mass is 10.1. The number of pyridine rings is 1. The Morgan fingerprint density at radius 1 is 1.28 bits per heavy atom. The fourth-order valence-corrected chi connectivity index (χ4v) is 1.97. The zero-order valence-electron chi connectivity index (χ0n) is 10.9. The molecule has 1 aromatic carbocycles. The Bertz CT molecular complexity index is 535. The van der Waals surface area contributed by atoms with Gasteiger partial charge < -0.3 is 11.1 Å². The topological polar surface area (TPSA) is 50.9 Å². The van der Waals surface area contributed by atoms with E-state index in [1.165, 1.54) is 11.1 Å². The molecule has 2 aromatic rings. The van der Waals surface area contributed by atoms with E-state index in [0.717, 1.165) is 23.5 Å². The number of hydrogen-bond donors (Lipinski definition) is 2. The van der Waals surface area contributed by atoms with Crippen molar-refractivity contribution in [3.63, 3.8) is 0 Å². The average molecular weight is 241 g/mol. The van der Waals surface area contributed by atoms with Crippen LogP contribution >= 0.6 is 0 Å². The van der Waals surface area contributed by atoms with Crippen molar-refractivity contribution < 1.29 is 0 Å². The van der Waals surface area contributed by atoms with Crippen LogP contribution < -0.4 is 11.1 Å². The van der Waals surface area contributed by atoms with E-state index in [-0.39, 0.29) is 0 Å². The molecule has 0 aliphatic rings. The van der Waals surface area contributed by atoms with E-state index in [0.29, 0.717) is 6.54 Å². The predicted molar refractivity (Wildman–Crippen MR) is 76.5 cm³/mol. The summed E-state index contributed by atoms with van der Waals surface area (Å²) in [6, 6.07) is 10.1. The van der Waals surface area contributed by atoms with Crippen molar-refractivity contribution in [2.75, 3.05) is 11.1 Å². The molecule has 0 radical (unpaired) electrons. The van der Waals surface area contributed by atoms with Crippen molar-refractivity contribution in [2.24, 2.45) is 0 Å². The summed E-state index contributed by atoms with van der Waals surface area (Å²) in [4.78, 5) is 4.41. The normalized spacial score (nSPS) is 10.3. The summed E-state index contributed by atoms with van der Waals surface area (Å²) < 4.78 is 0. The SMILES string of the molecule is CCc1cccnc1CNc1ccc(C)cc1N. The van der Waals surface area contributed by atoms with Crippen LogP contribution in [0.25, 0.3) is 0 Å². The summed E-state index contributed by atoms with van der Waals surface area (Å²) >= 11 is 0. The first-order valence-corrected chi connectivity index (χ1v) is 6.23. The summed E-state index contributed by atoms with van der Waals surface area (Å²) in [6.07, 6.45) is 2.82. The quantitative estimate of drug-likeness (QED) is 0.808. The molecular weight excluding hydrogens is 222 g/mol. The van der Waals surface area contributed by atoms with E-state index < -0.39 is 0 Å². The third-order valence-corrected chi connectivity index (χ3v) is 3.02. The second-order valence-electron chi connectivity index (χ2n) is 4.41. The first kappa shape index (κ1) is 12.4. The standard InChI is InChI=1S/C15H19N3/c1-3-12-5-4-8-17-15(12)10-18-14-7-6-11(2)9-13(14)16/h4-9,18H,3,10,16H2,1-2H3. The summed E-state index contributed by atoms with van der Waals surface area (Å²) in [5, 5.41) is 3.34. The molecule has 2 rings (SSSR count). The predicted octanol–water partition coefficient (Wildman–Crippen LogP) is 3.15. The lowest BCUT2D eigenvalue weighted by molar-refractivity contribution is 0.972. The molecule has 0 spiro atoms. The Morgan fingerprint density at radius 2 is 2.11 bits per heavy atom. The van der Waals surface area contributed by atoms with Gasteiger partial charge in [-0.2, -0.15) is 0 Å². The van der Waals surface area contributed by atoms with Gasteiger partial charge in [0.05, 0.1) is 23.6 Å². The van der Waals surface area contributed by atoms with E-state index in [4.69, 9.17) is 5.73 Å². The summed E-state index contributed by atoms with van der Waals surface area (Å²) in [5.41, 5.74) is 11.2. The number of nitrogens with two attached hydrogens (primary N) is 1. The highest BCUT2D eigenvalue weighted by Crippen LogP contribution is 2.20. The lowest BCUT2D eigenvalue weighted by Crippen LogP contribution is -2.06. The molecule has 3 N–H and O–H groups in total. The van der Waals surface area contributed by atoms with Gasteiger partial charge in [-0.15, -0.1) is 0 Å². The van der Waals surface area contributed by atoms with Crippen LogP contribution in [0.15, 0.2) is 36.5 Å². The van der Waals surface area contributed by atoms with Gasteiger partial charge in [0.2, 0.25) is 0 Å². The Morgan fingerprint density at radius 3 is 2.83 bits per heavy atom. The minimum atomic E-state index is 0.706. The minimum absolute atomic E-state index is 0.706. The third kappa shape index (κ3) is 2.80. The van der Waals surface area contributed by atoms with Crippen LogP contribution in [0.2, 0.25) is 0 Å².